The summed E-state index contributed by atoms with van der Waals surface area (Å²) in [5, 5.41) is 3.86. The van der Waals surface area contributed by atoms with Crippen molar-refractivity contribution in [2.75, 3.05) is 25.1 Å². The highest BCUT2D eigenvalue weighted by molar-refractivity contribution is 6.01. The Morgan fingerprint density at radius 3 is 2.95 bits per heavy atom. The second-order valence-electron chi connectivity index (χ2n) is 5.41. The molecule has 0 saturated carbocycles. The lowest BCUT2D eigenvalue weighted by molar-refractivity contribution is -0.126. The summed E-state index contributed by atoms with van der Waals surface area (Å²) in [6.07, 6.45) is 1.70. The minimum atomic E-state index is -0.276. The van der Waals surface area contributed by atoms with E-state index in [1.54, 1.807) is 11.1 Å². The molecule has 0 aliphatic carbocycles. The Bertz CT molecular complexity index is 744. The van der Waals surface area contributed by atoms with Crippen molar-refractivity contribution >= 4 is 28.5 Å². The summed E-state index contributed by atoms with van der Waals surface area (Å²) in [4.78, 5) is 31.6. The van der Waals surface area contributed by atoms with Gasteiger partial charge in [-0.2, -0.15) is 0 Å². The summed E-state index contributed by atoms with van der Waals surface area (Å²) in [5.74, 6) is -0.0233. The Balaban J connectivity index is 1.84. The molecule has 1 fully saturated rings. The maximum Gasteiger partial charge on any atom is 0.323 e. The average Bonchev–Trinajstić information content (AvgIpc) is 2.88. The number of benzene rings is 1. The van der Waals surface area contributed by atoms with Gasteiger partial charge in [0, 0.05) is 18.1 Å². The fraction of sp³-hybridized carbons (Fsp3) is 0.312. The number of urea groups is 1. The van der Waals surface area contributed by atoms with Crippen LogP contribution in [-0.2, 0) is 4.79 Å². The molecule has 0 spiro atoms. The lowest BCUT2D eigenvalue weighted by Gasteiger charge is -2.18. The summed E-state index contributed by atoms with van der Waals surface area (Å²) in [6, 6.07) is 7.47. The van der Waals surface area contributed by atoms with Crippen molar-refractivity contribution in [2.45, 2.75) is 13.8 Å². The van der Waals surface area contributed by atoms with Gasteiger partial charge < -0.3 is 10.2 Å². The Morgan fingerprint density at radius 1 is 1.41 bits per heavy atom. The number of pyridine rings is 1. The Morgan fingerprint density at radius 2 is 2.23 bits per heavy atom. The molecule has 1 aromatic heterocycles. The van der Waals surface area contributed by atoms with E-state index in [1.807, 2.05) is 38.1 Å². The Hall–Kier alpha value is -2.63. The summed E-state index contributed by atoms with van der Waals surface area (Å²) in [5.41, 5.74) is 2.46. The number of aryl methyl sites for hydroxylation is 1. The first-order chi connectivity index (χ1) is 10.6. The van der Waals surface area contributed by atoms with Crippen LogP contribution in [-0.4, -0.2) is 46.5 Å². The van der Waals surface area contributed by atoms with Gasteiger partial charge in [-0.1, -0.05) is 6.07 Å². The average molecular weight is 298 g/mol. The first kappa shape index (κ1) is 14.3. The summed E-state index contributed by atoms with van der Waals surface area (Å²) >= 11 is 0. The van der Waals surface area contributed by atoms with Crippen LogP contribution in [0.3, 0.4) is 0 Å². The van der Waals surface area contributed by atoms with E-state index in [9.17, 15) is 9.59 Å². The lowest BCUT2D eigenvalue weighted by Crippen LogP contribution is -2.34. The van der Waals surface area contributed by atoms with E-state index >= 15 is 0 Å². The molecule has 22 heavy (non-hydrogen) atoms. The molecule has 1 N–H and O–H groups in total. The van der Waals surface area contributed by atoms with Crippen LogP contribution >= 0.6 is 0 Å². The predicted octanol–water partition coefficient (Wildman–Crippen LogP) is 2.20. The van der Waals surface area contributed by atoms with E-state index in [2.05, 4.69) is 10.3 Å². The Labute approximate surface area is 128 Å². The van der Waals surface area contributed by atoms with Gasteiger partial charge in [-0.05, 0) is 37.6 Å². The van der Waals surface area contributed by atoms with Crippen molar-refractivity contribution < 1.29 is 9.59 Å². The topological polar surface area (TPSA) is 65.5 Å². The molecule has 3 rings (SSSR count). The number of nitrogens with zero attached hydrogens (tertiary/aromatic N) is 3. The van der Waals surface area contributed by atoms with E-state index in [4.69, 9.17) is 0 Å². The second-order valence-corrected chi connectivity index (χ2v) is 5.41. The largest absolute Gasteiger partial charge is 0.324 e. The van der Waals surface area contributed by atoms with Crippen LogP contribution in [0, 0.1) is 6.92 Å². The van der Waals surface area contributed by atoms with Crippen molar-refractivity contribution in [1.82, 2.24) is 14.8 Å². The van der Waals surface area contributed by atoms with Gasteiger partial charge >= 0.3 is 6.03 Å². The molecular weight excluding hydrogens is 280 g/mol. The van der Waals surface area contributed by atoms with Gasteiger partial charge in [0.05, 0.1) is 17.9 Å². The third-order valence-corrected chi connectivity index (χ3v) is 3.78. The second kappa shape index (κ2) is 5.63. The molecule has 2 aromatic rings. The molecule has 0 unspecified atom stereocenters. The zero-order valence-corrected chi connectivity index (χ0v) is 12.7. The van der Waals surface area contributed by atoms with E-state index in [1.165, 1.54) is 4.90 Å². The maximum atomic E-state index is 12.4. The van der Waals surface area contributed by atoms with Gasteiger partial charge in [0.25, 0.3) is 0 Å². The van der Waals surface area contributed by atoms with Crippen LogP contribution in [0.2, 0.25) is 0 Å². The number of likely N-dealkylation sites (N-methyl/N-ethyl adjacent to an activating group) is 1. The first-order valence-electron chi connectivity index (χ1n) is 7.27. The normalized spacial score (nSPS) is 14.7. The monoisotopic (exact) mass is 298 g/mol. The number of hydrogen-bond acceptors (Lipinski definition) is 3. The van der Waals surface area contributed by atoms with Gasteiger partial charge in [-0.15, -0.1) is 0 Å². The molecule has 6 heteroatoms. The highest BCUT2D eigenvalue weighted by atomic mass is 16.2. The zero-order valence-electron chi connectivity index (χ0n) is 12.7. The highest BCUT2D eigenvalue weighted by Crippen LogP contribution is 2.24. The molecule has 1 aliphatic rings. The van der Waals surface area contributed by atoms with E-state index < -0.39 is 0 Å². The van der Waals surface area contributed by atoms with Gasteiger partial charge in [0.2, 0.25) is 5.91 Å². The maximum absolute atomic E-state index is 12.4. The third kappa shape index (κ3) is 2.59. The SMILES string of the molecule is CCN1CN(C(=O)Nc2cc(C)cc3cccnc23)CC1=O. The summed E-state index contributed by atoms with van der Waals surface area (Å²) in [7, 11) is 0. The van der Waals surface area contributed by atoms with Crippen molar-refractivity contribution in [1.29, 1.82) is 0 Å². The van der Waals surface area contributed by atoms with Gasteiger partial charge in [0.1, 0.15) is 6.54 Å². The first-order valence-corrected chi connectivity index (χ1v) is 7.27. The van der Waals surface area contributed by atoms with Crippen LogP contribution < -0.4 is 5.32 Å². The number of hydrogen-bond donors (Lipinski definition) is 1. The molecule has 114 valence electrons. The zero-order chi connectivity index (χ0) is 15.7. The number of carbonyl (C=O) groups excluding carboxylic acids is 2. The quantitative estimate of drug-likeness (QED) is 0.924. The number of amides is 3. The number of carbonyl (C=O) groups is 2. The lowest BCUT2D eigenvalue weighted by atomic mass is 10.1. The van der Waals surface area contributed by atoms with Crippen LogP contribution in [0.25, 0.3) is 10.9 Å². The molecule has 1 saturated heterocycles. The fourth-order valence-electron chi connectivity index (χ4n) is 2.64. The highest BCUT2D eigenvalue weighted by Gasteiger charge is 2.29. The number of nitrogens with one attached hydrogen (secondary N) is 1. The molecule has 0 bridgehead atoms. The standard InChI is InChI=1S/C16H18N4O2/c1-3-19-10-20(9-14(19)21)16(22)18-13-8-11(2)7-12-5-4-6-17-15(12)13/h4-8H,3,9-10H2,1-2H3,(H,18,22). The number of fused-ring (bicyclic) bond motifs is 1. The van der Waals surface area contributed by atoms with Crippen LogP contribution in [0.15, 0.2) is 30.5 Å². The molecule has 0 atom stereocenters. The number of anilines is 1. The fourth-order valence-corrected chi connectivity index (χ4v) is 2.64. The number of rotatable bonds is 2. The van der Waals surface area contributed by atoms with Crippen molar-refractivity contribution in [2.24, 2.45) is 0 Å². The summed E-state index contributed by atoms with van der Waals surface area (Å²) < 4.78 is 0. The minimum Gasteiger partial charge on any atom is -0.324 e. The van der Waals surface area contributed by atoms with Crippen molar-refractivity contribution in [3.63, 3.8) is 0 Å². The molecular formula is C16H18N4O2. The molecule has 2 heterocycles. The van der Waals surface area contributed by atoms with Gasteiger partial charge in [-0.3, -0.25) is 14.7 Å². The molecule has 1 aliphatic heterocycles. The molecule has 0 radical (unpaired) electrons. The van der Waals surface area contributed by atoms with Crippen molar-refractivity contribution in [3.8, 4) is 0 Å². The van der Waals surface area contributed by atoms with E-state index in [-0.39, 0.29) is 18.5 Å². The molecule has 3 amide bonds. The van der Waals surface area contributed by atoms with Gasteiger partial charge in [0.15, 0.2) is 0 Å². The number of aromatic nitrogens is 1. The van der Waals surface area contributed by atoms with Gasteiger partial charge in [-0.25, -0.2) is 4.79 Å². The van der Waals surface area contributed by atoms with Crippen LogP contribution in [0.4, 0.5) is 10.5 Å². The van der Waals surface area contributed by atoms with E-state index in [0.29, 0.717) is 18.9 Å². The van der Waals surface area contributed by atoms with Crippen LogP contribution in [0.5, 0.6) is 0 Å². The van der Waals surface area contributed by atoms with Crippen LogP contribution in [0.1, 0.15) is 12.5 Å². The molecule has 6 nitrogen and oxygen atoms in total. The van der Waals surface area contributed by atoms with Crippen molar-refractivity contribution in [3.05, 3.63) is 36.0 Å². The summed E-state index contributed by atoms with van der Waals surface area (Å²) in [6.45, 7) is 4.93. The Kier molecular flexibility index (Phi) is 3.66. The molecule has 1 aromatic carbocycles. The third-order valence-electron chi connectivity index (χ3n) is 3.78. The van der Waals surface area contributed by atoms with E-state index in [0.717, 1.165) is 16.5 Å². The minimum absolute atomic E-state index is 0.0233. The smallest absolute Gasteiger partial charge is 0.323 e. The predicted molar refractivity (Wildman–Crippen MR) is 84.5 cm³/mol.